The Morgan fingerprint density at radius 3 is 2.39 bits per heavy atom. The third-order valence-electron chi connectivity index (χ3n) is 5.29. The van der Waals surface area contributed by atoms with E-state index in [1.165, 1.54) is 12.8 Å². The summed E-state index contributed by atoms with van der Waals surface area (Å²) >= 11 is 0. The zero-order chi connectivity index (χ0) is 21.8. The molecular formula is C24H26N4O3. The number of phenolic OH excluding ortho intramolecular Hbond substituents is 1. The Labute approximate surface area is 180 Å². The van der Waals surface area contributed by atoms with E-state index in [0.29, 0.717) is 34.5 Å². The first-order chi connectivity index (χ1) is 15.1. The summed E-state index contributed by atoms with van der Waals surface area (Å²) in [6.45, 7) is 2.51. The Morgan fingerprint density at radius 1 is 1.00 bits per heavy atom. The molecule has 31 heavy (non-hydrogen) atoms. The number of rotatable bonds is 8. The Kier molecular flexibility index (Phi) is 6.02. The number of esters is 1. The second-order valence-electron chi connectivity index (χ2n) is 7.55. The van der Waals surface area contributed by atoms with Gasteiger partial charge in [0.15, 0.2) is 5.65 Å². The number of ether oxygens (including phenoxy) is 1. The van der Waals surface area contributed by atoms with Crippen molar-refractivity contribution < 1.29 is 14.6 Å². The number of aromatic hydroxyl groups is 1. The number of fused-ring (bicyclic) bond motifs is 2. The minimum absolute atomic E-state index is 0.137. The Hall–Kier alpha value is -3.61. The van der Waals surface area contributed by atoms with Crippen LogP contribution in [0.1, 0.15) is 49.4 Å². The van der Waals surface area contributed by atoms with Crippen molar-refractivity contribution in [3.05, 3.63) is 54.1 Å². The maximum Gasteiger partial charge on any atom is 0.344 e. The molecule has 4 rings (SSSR count). The smallest absolute Gasteiger partial charge is 0.344 e. The van der Waals surface area contributed by atoms with Crippen molar-refractivity contribution >= 4 is 34.0 Å². The molecule has 0 fully saturated rings. The van der Waals surface area contributed by atoms with Crippen molar-refractivity contribution in [1.82, 2.24) is 14.5 Å². The molecule has 0 aliphatic carbocycles. The number of nitrogens with two attached hydrogens (primary N) is 1. The van der Waals surface area contributed by atoms with Crippen LogP contribution in [0.5, 0.6) is 5.75 Å². The van der Waals surface area contributed by atoms with Crippen LogP contribution in [-0.4, -0.2) is 32.2 Å². The lowest BCUT2D eigenvalue weighted by molar-refractivity contribution is 0.0501. The zero-order valence-electron chi connectivity index (χ0n) is 17.5. The molecule has 3 N–H and O–H groups in total. The third-order valence-corrected chi connectivity index (χ3v) is 5.29. The van der Waals surface area contributed by atoms with Gasteiger partial charge in [0, 0.05) is 5.69 Å². The van der Waals surface area contributed by atoms with Gasteiger partial charge in [0.1, 0.15) is 22.6 Å². The number of carbonyl (C=O) groups excluding carboxylic acids is 1. The molecule has 0 aliphatic heterocycles. The second kappa shape index (κ2) is 9.04. The standard InChI is InChI=1S/C24H26N4O3/c1-2-3-4-5-8-15-31-24(30)20-21-23(27-19-10-7-6-9-18(19)26-21)28(22(20)25)16-11-13-17(29)14-12-16/h6-7,9-14,29H,2-5,8,15,25H2,1H3. The maximum absolute atomic E-state index is 13.0. The maximum atomic E-state index is 13.0. The number of nitrogens with zero attached hydrogens (tertiary/aromatic N) is 3. The van der Waals surface area contributed by atoms with Gasteiger partial charge in [-0.2, -0.15) is 0 Å². The number of hydrogen-bond donors (Lipinski definition) is 2. The first kappa shape index (κ1) is 20.7. The summed E-state index contributed by atoms with van der Waals surface area (Å²) in [7, 11) is 0. The van der Waals surface area contributed by atoms with E-state index in [2.05, 4.69) is 11.9 Å². The molecule has 2 aromatic carbocycles. The lowest BCUT2D eigenvalue weighted by Gasteiger charge is -2.08. The number of nitrogen functional groups attached to an aromatic ring is 1. The van der Waals surface area contributed by atoms with Crippen LogP contribution >= 0.6 is 0 Å². The first-order valence-corrected chi connectivity index (χ1v) is 10.6. The molecule has 0 aliphatic rings. The number of aromatic nitrogens is 3. The molecule has 7 heteroatoms. The van der Waals surface area contributed by atoms with Gasteiger partial charge in [0.05, 0.1) is 17.6 Å². The van der Waals surface area contributed by atoms with Gasteiger partial charge in [-0.05, 0) is 42.8 Å². The molecule has 0 atom stereocenters. The summed E-state index contributed by atoms with van der Waals surface area (Å²) in [6, 6.07) is 14.0. The van der Waals surface area contributed by atoms with Crippen LogP contribution in [0.15, 0.2) is 48.5 Å². The molecule has 0 saturated carbocycles. The highest BCUT2D eigenvalue weighted by atomic mass is 16.5. The van der Waals surface area contributed by atoms with E-state index in [4.69, 9.17) is 15.5 Å². The van der Waals surface area contributed by atoms with Crippen molar-refractivity contribution in [3.8, 4) is 11.4 Å². The Morgan fingerprint density at radius 2 is 1.68 bits per heavy atom. The van der Waals surface area contributed by atoms with E-state index in [0.717, 1.165) is 19.3 Å². The summed E-state index contributed by atoms with van der Waals surface area (Å²) < 4.78 is 7.21. The number of phenols is 1. The van der Waals surface area contributed by atoms with Crippen molar-refractivity contribution in [1.29, 1.82) is 0 Å². The fourth-order valence-electron chi connectivity index (χ4n) is 3.67. The van der Waals surface area contributed by atoms with E-state index in [1.54, 1.807) is 28.8 Å². The lowest BCUT2D eigenvalue weighted by Crippen LogP contribution is -2.10. The van der Waals surface area contributed by atoms with E-state index in [1.807, 2.05) is 24.3 Å². The quantitative estimate of drug-likeness (QED) is 0.309. The van der Waals surface area contributed by atoms with Crippen LogP contribution < -0.4 is 5.73 Å². The Bertz CT molecular complexity index is 1220. The average molecular weight is 418 g/mol. The van der Waals surface area contributed by atoms with E-state index in [-0.39, 0.29) is 17.1 Å². The minimum atomic E-state index is -0.500. The van der Waals surface area contributed by atoms with Crippen LogP contribution in [0.25, 0.3) is 27.9 Å². The predicted octanol–water partition coefficient (Wildman–Crippen LogP) is 4.99. The fraction of sp³-hybridized carbons (Fsp3) is 0.292. The van der Waals surface area contributed by atoms with Crippen molar-refractivity contribution in [2.75, 3.05) is 12.3 Å². The number of para-hydroxylation sites is 2. The molecule has 0 spiro atoms. The van der Waals surface area contributed by atoms with Gasteiger partial charge >= 0.3 is 5.97 Å². The summed E-state index contributed by atoms with van der Waals surface area (Å²) in [5, 5.41) is 9.65. The highest BCUT2D eigenvalue weighted by molar-refractivity contribution is 6.09. The molecule has 0 unspecified atom stereocenters. The van der Waals surface area contributed by atoms with Gasteiger partial charge in [-0.1, -0.05) is 44.7 Å². The SMILES string of the molecule is CCCCCCCOC(=O)c1c(N)n(-c2ccc(O)cc2)c2nc3ccccc3nc12. The van der Waals surface area contributed by atoms with E-state index < -0.39 is 5.97 Å². The van der Waals surface area contributed by atoms with Gasteiger partial charge in [-0.15, -0.1) is 0 Å². The molecule has 2 aromatic heterocycles. The molecular weight excluding hydrogens is 392 g/mol. The van der Waals surface area contributed by atoms with Gasteiger partial charge in [0.2, 0.25) is 0 Å². The number of unbranched alkanes of at least 4 members (excludes halogenated alkanes) is 4. The zero-order valence-corrected chi connectivity index (χ0v) is 17.5. The van der Waals surface area contributed by atoms with Gasteiger partial charge in [-0.25, -0.2) is 14.8 Å². The summed E-state index contributed by atoms with van der Waals surface area (Å²) in [5.74, 6) is -0.148. The molecule has 0 amide bonds. The van der Waals surface area contributed by atoms with Crippen LogP contribution in [-0.2, 0) is 4.74 Å². The lowest BCUT2D eigenvalue weighted by atomic mass is 10.2. The van der Waals surface area contributed by atoms with Gasteiger partial charge < -0.3 is 15.6 Å². The number of hydrogen-bond acceptors (Lipinski definition) is 6. The van der Waals surface area contributed by atoms with E-state index in [9.17, 15) is 9.90 Å². The van der Waals surface area contributed by atoms with Crippen molar-refractivity contribution in [3.63, 3.8) is 0 Å². The summed E-state index contributed by atoms with van der Waals surface area (Å²) in [6.07, 6.45) is 5.32. The van der Waals surface area contributed by atoms with Crippen molar-refractivity contribution in [2.45, 2.75) is 39.0 Å². The highest BCUT2D eigenvalue weighted by Gasteiger charge is 2.25. The second-order valence-corrected chi connectivity index (χ2v) is 7.55. The van der Waals surface area contributed by atoms with Crippen LogP contribution in [0.2, 0.25) is 0 Å². The van der Waals surface area contributed by atoms with Crippen LogP contribution in [0, 0.1) is 0 Å². The highest BCUT2D eigenvalue weighted by Crippen LogP contribution is 2.32. The number of carbonyl (C=O) groups is 1. The topological polar surface area (TPSA) is 103 Å². The average Bonchev–Trinajstić information content (AvgIpc) is 3.06. The van der Waals surface area contributed by atoms with E-state index >= 15 is 0 Å². The van der Waals surface area contributed by atoms with Crippen molar-refractivity contribution in [2.24, 2.45) is 0 Å². The van der Waals surface area contributed by atoms with Crippen LogP contribution in [0.4, 0.5) is 5.82 Å². The fourth-order valence-corrected chi connectivity index (χ4v) is 3.67. The van der Waals surface area contributed by atoms with Gasteiger partial charge in [-0.3, -0.25) is 4.57 Å². The molecule has 2 heterocycles. The number of anilines is 1. The molecule has 0 saturated heterocycles. The third kappa shape index (κ3) is 4.17. The largest absolute Gasteiger partial charge is 0.508 e. The predicted molar refractivity (Wildman–Crippen MR) is 121 cm³/mol. The van der Waals surface area contributed by atoms with Crippen LogP contribution in [0.3, 0.4) is 0 Å². The molecule has 160 valence electrons. The minimum Gasteiger partial charge on any atom is -0.508 e. The first-order valence-electron chi connectivity index (χ1n) is 10.6. The van der Waals surface area contributed by atoms with Gasteiger partial charge in [0.25, 0.3) is 0 Å². The molecule has 7 nitrogen and oxygen atoms in total. The molecule has 0 radical (unpaired) electrons. The molecule has 4 aromatic rings. The summed E-state index contributed by atoms with van der Waals surface area (Å²) in [4.78, 5) is 22.4. The summed E-state index contributed by atoms with van der Waals surface area (Å²) in [5.41, 5.74) is 9.57. The number of benzene rings is 2. The Balaban J connectivity index is 1.75. The molecule has 0 bridgehead atoms. The normalized spacial score (nSPS) is 11.3. The monoisotopic (exact) mass is 418 g/mol.